The number of benzene rings is 2. The fourth-order valence-electron chi connectivity index (χ4n) is 2.13. The minimum absolute atomic E-state index is 0.213. The molecule has 0 aliphatic heterocycles. The lowest BCUT2D eigenvalue weighted by atomic mass is 10.2. The number of fused-ring (bicyclic) bond motifs is 1. The normalized spacial score (nSPS) is 11.0. The third kappa shape index (κ3) is 2.86. The van der Waals surface area contributed by atoms with Crippen LogP contribution in [-0.4, -0.2) is 9.97 Å². The summed E-state index contributed by atoms with van der Waals surface area (Å²) in [5, 5.41) is 0. The van der Waals surface area contributed by atoms with Gasteiger partial charge in [-0.3, -0.25) is 0 Å². The summed E-state index contributed by atoms with van der Waals surface area (Å²) in [6, 6.07) is 9.95. The van der Waals surface area contributed by atoms with Crippen LogP contribution in [0.5, 0.6) is 5.75 Å². The van der Waals surface area contributed by atoms with E-state index in [2.05, 4.69) is 16.9 Å². The van der Waals surface area contributed by atoms with Crippen LogP contribution in [-0.2, 0) is 13.0 Å². The fraction of sp³-hybridized carbons (Fsp3) is 0.188. The van der Waals surface area contributed by atoms with Crippen molar-refractivity contribution in [2.45, 2.75) is 20.0 Å². The van der Waals surface area contributed by atoms with E-state index in [1.54, 1.807) is 0 Å². The van der Waals surface area contributed by atoms with Crippen LogP contribution < -0.4 is 4.74 Å². The molecule has 1 heterocycles. The average Bonchev–Trinajstić information content (AvgIpc) is 2.87. The van der Waals surface area contributed by atoms with E-state index in [0.717, 1.165) is 24.3 Å². The molecule has 0 atom stereocenters. The van der Waals surface area contributed by atoms with Gasteiger partial charge in [0, 0.05) is 12.1 Å². The number of ether oxygens (including phenoxy) is 1. The van der Waals surface area contributed by atoms with Crippen LogP contribution in [0.4, 0.5) is 8.78 Å². The van der Waals surface area contributed by atoms with Gasteiger partial charge in [-0.25, -0.2) is 13.8 Å². The molecular formula is C16H14F2N2O. The number of aromatic amines is 1. The summed E-state index contributed by atoms with van der Waals surface area (Å²) >= 11 is 0. The Hall–Kier alpha value is -2.43. The highest BCUT2D eigenvalue weighted by Crippen LogP contribution is 2.18. The molecule has 3 rings (SSSR count). The molecule has 0 radical (unpaired) electrons. The van der Waals surface area contributed by atoms with Gasteiger partial charge in [0.25, 0.3) is 0 Å². The van der Waals surface area contributed by atoms with E-state index in [1.165, 1.54) is 5.56 Å². The van der Waals surface area contributed by atoms with Gasteiger partial charge < -0.3 is 9.72 Å². The molecule has 21 heavy (non-hydrogen) atoms. The Bertz CT molecular complexity index is 744. The first kappa shape index (κ1) is 13.5. The molecule has 0 spiro atoms. The maximum atomic E-state index is 13.1. The summed E-state index contributed by atoms with van der Waals surface area (Å²) in [6.45, 7) is 2.28. The predicted octanol–water partition coefficient (Wildman–Crippen LogP) is 3.98. The Balaban J connectivity index is 1.78. The van der Waals surface area contributed by atoms with Crippen molar-refractivity contribution in [3.8, 4) is 5.75 Å². The predicted molar refractivity (Wildman–Crippen MR) is 76.2 cm³/mol. The third-order valence-corrected chi connectivity index (χ3v) is 3.26. The first-order chi connectivity index (χ1) is 10.2. The van der Waals surface area contributed by atoms with E-state index in [9.17, 15) is 8.78 Å². The number of rotatable bonds is 4. The van der Waals surface area contributed by atoms with Crippen molar-refractivity contribution in [3.05, 3.63) is 59.4 Å². The second-order valence-electron chi connectivity index (χ2n) is 4.76. The Morgan fingerprint density at radius 3 is 2.76 bits per heavy atom. The van der Waals surface area contributed by atoms with E-state index in [0.29, 0.717) is 16.9 Å². The lowest BCUT2D eigenvalue weighted by Crippen LogP contribution is -1.97. The van der Waals surface area contributed by atoms with Crippen molar-refractivity contribution in [2.24, 2.45) is 0 Å². The van der Waals surface area contributed by atoms with E-state index in [-0.39, 0.29) is 6.61 Å². The zero-order valence-electron chi connectivity index (χ0n) is 11.5. The van der Waals surface area contributed by atoms with Crippen LogP contribution in [0.3, 0.4) is 0 Å². The molecule has 0 saturated heterocycles. The number of H-pyrrole nitrogens is 1. The maximum absolute atomic E-state index is 13.1. The van der Waals surface area contributed by atoms with Gasteiger partial charge in [-0.2, -0.15) is 0 Å². The van der Waals surface area contributed by atoms with Gasteiger partial charge in [-0.05, 0) is 24.1 Å². The minimum atomic E-state index is -0.905. The highest BCUT2D eigenvalue weighted by molar-refractivity contribution is 5.75. The molecule has 0 amide bonds. The number of halogens is 2. The van der Waals surface area contributed by atoms with Crippen LogP contribution in [0.1, 0.15) is 18.3 Å². The Morgan fingerprint density at radius 1 is 1.14 bits per heavy atom. The number of aryl methyl sites for hydroxylation is 1. The molecule has 2 aromatic carbocycles. The Kier molecular flexibility index (Phi) is 3.56. The van der Waals surface area contributed by atoms with E-state index in [1.807, 2.05) is 24.3 Å². The first-order valence-corrected chi connectivity index (χ1v) is 6.71. The van der Waals surface area contributed by atoms with Crippen LogP contribution in [0.2, 0.25) is 0 Å². The molecule has 3 aromatic rings. The zero-order chi connectivity index (χ0) is 14.8. The highest BCUT2D eigenvalue weighted by Gasteiger charge is 2.09. The first-order valence-electron chi connectivity index (χ1n) is 6.71. The Morgan fingerprint density at radius 2 is 1.95 bits per heavy atom. The molecule has 1 N–H and O–H groups in total. The number of nitrogens with one attached hydrogen (secondary N) is 1. The molecule has 0 aliphatic rings. The minimum Gasteiger partial charge on any atom is -0.486 e. The number of nitrogens with zero attached hydrogens (tertiary/aromatic N) is 1. The quantitative estimate of drug-likeness (QED) is 0.788. The number of imidazole rings is 1. The number of hydrogen-bond donors (Lipinski definition) is 1. The topological polar surface area (TPSA) is 37.9 Å². The summed E-state index contributed by atoms with van der Waals surface area (Å²) in [7, 11) is 0. The van der Waals surface area contributed by atoms with Crippen LogP contribution >= 0.6 is 0 Å². The fourth-order valence-corrected chi connectivity index (χ4v) is 2.13. The lowest BCUT2D eigenvalue weighted by Gasteiger charge is -2.05. The molecule has 0 aliphatic carbocycles. The average molecular weight is 288 g/mol. The van der Waals surface area contributed by atoms with Crippen molar-refractivity contribution in [1.29, 1.82) is 0 Å². The molecule has 0 bridgehead atoms. The van der Waals surface area contributed by atoms with Crippen molar-refractivity contribution in [1.82, 2.24) is 9.97 Å². The second kappa shape index (κ2) is 5.52. The molecule has 108 valence electrons. The summed E-state index contributed by atoms with van der Waals surface area (Å²) in [5.74, 6) is -0.532. The highest BCUT2D eigenvalue weighted by atomic mass is 19.2. The molecule has 3 nitrogen and oxygen atoms in total. The van der Waals surface area contributed by atoms with Gasteiger partial charge >= 0.3 is 0 Å². The number of aromatic nitrogens is 2. The van der Waals surface area contributed by atoms with Gasteiger partial charge in [0.05, 0.1) is 11.0 Å². The molecule has 0 fully saturated rings. The lowest BCUT2D eigenvalue weighted by molar-refractivity contribution is 0.297. The standard InChI is InChI=1S/C16H14F2N2O/c1-2-10-4-3-5-11(6-10)21-9-16-19-14-7-12(17)13(18)8-15(14)20-16/h3-8H,2,9H2,1H3,(H,19,20). The molecular weight excluding hydrogens is 274 g/mol. The largest absolute Gasteiger partial charge is 0.486 e. The van der Waals surface area contributed by atoms with Gasteiger partial charge in [0.1, 0.15) is 18.2 Å². The van der Waals surface area contributed by atoms with Gasteiger partial charge in [-0.15, -0.1) is 0 Å². The zero-order valence-corrected chi connectivity index (χ0v) is 11.5. The summed E-state index contributed by atoms with van der Waals surface area (Å²) < 4.78 is 31.9. The van der Waals surface area contributed by atoms with Gasteiger partial charge in [0.2, 0.25) is 0 Å². The molecule has 0 unspecified atom stereocenters. The monoisotopic (exact) mass is 288 g/mol. The van der Waals surface area contributed by atoms with Crippen molar-refractivity contribution in [2.75, 3.05) is 0 Å². The van der Waals surface area contributed by atoms with Crippen LogP contribution in [0.15, 0.2) is 36.4 Å². The van der Waals surface area contributed by atoms with Crippen molar-refractivity contribution < 1.29 is 13.5 Å². The van der Waals surface area contributed by atoms with Gasteiger partial charge in [-0.1, -0.05) is 19.1 Å². The smallest absolute Gasteiger partial charge is 0.161 e. The SMILES string of the molecule is CCc1cccc(OCc2nc3cc(F)c(F)cc3[nH]2)c1. The van der Waals surface area contributed by atoms with E-state index < -0.39 is 11.6 Å². The maximum Gasteiger partial charge on any atom is 0.161 e. The van der Waals surface area contributed by atoms with Crippen molar-refractivity contribution in [3.63, 3.8) is 0 Å². The van der Waals surface area contributed by atoms with Crippen molar-refractivity contribution >= 4 is 11.0 Å². The summed E-state index contributed by atoms with van der Waals surface area (Å²) in [4.78, 5) is 7.10. The van der Waals surface area contributed by atoms with E-state index in [4.69, 9.17) is 4.74 Å². The molecule has 5 heteroatoms. The van der Waals surface area contributed by atoms with Crippen LogP contribution in [0, 0.1) is 11.6 Å². The van der Waals surface area contributed by atoms with Gasteiger partial charge in [0.15, 0.2) is 11.6 Å². The number of hydrogen-bond acceptors (Lipinski definition) is 2. The third-order valence-electron chi connectivity index (χ3n) is 3.26. The molecule has 0 saturated carbocycles. The second-order valence-corrected chi connectivity index (χ2v) is 4.76. The summed E-state index contributed by atoms with van der Waals surface area (Å²) in [5.41, 5.74) is 2.02. The summed E-state index contributed by atoms with van der Waals surface area (Å²) in [6.07, 6.45) is 0.931. The van der Waals surface area contributed by atoms with E-state index >= 15 is 0 Å². The van der Waals surface area contributed by atoms with Crippen LogP contribution in [0.25, 0.3) is 11.0 Å². The molecule has 1 aromatic heterocycles. The Labute approximate surface area is 120 Å².